The highest BCUT2D eigenvalue weighted by atomic mass is 15.1. The first-order valence-electron chi connectivity index (χ1n) is 13.0. The Labute approximate surface area is 227 Å². The second-order valence-corrected chi connectivity index (χ2v) is 9.70. The number of para-hydroxylation sites is 2. The van der Waals surface area contributed by atoms with Crippen molar-refractivity contribution in [3.8, 4) is 34.7 Å². The zero-order valence-corrected chi connectivity index (χ0v) is 21.9. The number of nitriles is 2. The van der Waals surface area contributed by atoms with Gasteiger partial charge < -0.3 is 9.13 Å². The third-order valence-corrected chi connectivity index (χ3v) is 7.23. The van der Waals surface area contributed by atoms with Gasteiger partial charge >= 0.3 is 0 Å². The normalized spacial score (nSPS) is 11.1. The minimum Gasteiger partial charge on any atom is -0.327 e. The number of rotatable bonds is 6. The van der Waals surface area contributed by atoms with E-state index < -0.39 is 0 Å². The minimum absolute atomic E-state index is 0.550. The van der Waals surface area contributed by atoms with E-state index in [1.807, 2.05) is 55.6 Å². The Balaban J connectivity index is 1.46. The molecule has 0 saturated carbocycles. The summed E-state index contributed by atoms with van der Waals surface area (Å²) >= 11 is 0. The SMILES string of the molecule is CCCc1nc2c(C#N)cc(-c3nc4ccccc4n3C)cc2n1Cc1ccc(-c2ccccc2C#N)cc1. The zero-order chi connectivity index (χ0) is 26.9. The number of fused-ring (bicyclic) bond motifs is 2. The van der Waals surface area contributed by atoms with Crippen molar-refractivity contribution in [2.24, 2.45) is 7.05 Å². The van der Waals surface area contributed by atoms with Gasteiger partial charge in [0.25, 0.3) is 0 Å². The van der Waals surface area contributed by atoms with Crippen molar-refractivity contribution >= 4 is 22.1 Å². The molecule has 0 aliphatic carbocycles. The summed E-state index contributed by atoms with van der Waals surface area (Å²) in [6.45, 7) is 2.77. The third kappa shape index (κ3) is 4.23. The van der Waals surface area contributed by atoms with Crippen LogP contribution in [-0.4, -0.2) is 19.1 Å². The van der Waals surface area contributed by atoms with Crippen LogP contribution in [0, 0.1) is 22.7 Å². The lowest BCUT2D eigenvalue weighted by molar-refractivity contribution is 0.722. The summed E-state index contributed by atoms with van der Waals surface area (Å²) in [4.78, 5) is 9.81. The molecule has 0 radical (unpaired) electrons. The van der Waals surface area contributed by atoms with Gasteiger partial charge in [-0.1, -0.05) is 61.5 Å². The fourth-order valence-corrected chi connectivity index (χ4v) is 5.28. The van der Waals surface area contributed by atoms with Gasteiger partial charge in [-0.25, -0.2) is 9.97 Å². The largest absolute Gasteiger partial charge is 0.327 e. The first kappa shape index (κ1) is 24.2. The molecule has 0 aliphatic rings. The fourth-order valence-electron chi connectivity index (χ4n) is 5.28. The molecule has 6 heteroatoms. The summed E-state index contributed by atoms with van der Waals surface area (Å²) in [6.07, 6.45) is 1.77. The van der Waals surface area contributed by atoms with Gasteiger partial charge in [0.15, 0.2) is 0 Å². The maximum atomic E-state index is 10.1. The van der Waals surface area contributed by atoms with Gasteiger partial charge in [0.1, 0.15) is 23.2 Å². The van der Waals surface area contributed by atoms with E-state index in [1.54, 1.807) is 0 Å². The van der Waals surface area contributed by atoms with E-state index in [4.69, 9.17) is 9.97 Å². The van der Waals surface area contributed by atoms with Gasteiger partial charge in [0, 0.05) is 25.6 Å². The van der Waals surface area contributed by atoms with Crippen molar-refractivity contribution in [1.29, 1.82) is 10.5 Å². The highest BCUT2D eigenvalue weighted by Gasteiger charge is 2.18. The van der Waals surface area contributed by atoms with Gasteiger partial charge in [-0.15, -0.1) is 0 Å². The van der Waals surface area contributed by atoms with Crippen LogP contribution in [-0.2, 0) is 20.0 Å². The first-order valence-corrected chi connectivity index (χ1v) is 13.0. The minimum atomic E-state index is 0.550. The maximum absolute atomic E-state index is 10.1. The van der Waals surface area contributed by atoms with Crippen molar-refractivity contribution in [2.75, 3.05) is 0 Å². The van der Waals surface area contributed by atoms with Gasteiger partial charge in [-0.05, 0) is 53.4 Å². The Morgan fingerprint density at radius 2 is 1.51 bits per heavy atom. The maximum Gasteiger partial charge on any atom is 0.140 e. The standard InChI is InChI=1S/C33H26N6/c1-3-8-31-37-32-26(20-35)17-25(33-36-28-11-6-7-12-29(28)38(33)2)18-30(32)39(31)21-22-13-15-23(16-14-22)27-10-5-4-9-24(27)19-34/h4-7,9-18H,3,8,21H2,1-2H3. The Bertz CT molecular complexity index is 1930. The smallest absolute Gasteiger partial charge is 0.140 e. The number of imidazole rings is 2. The summed E-state index contributed by atoms with van der Waals surface area (Å²) in [5, 5.41) is 19.6. The van der Waals surface area contributed by atoms with E-state index in [0.717, 1.165) is 68.8 Å². The van der Waals surface area contributed by atoms with Crippen molar-refractivity contribution in [1.82, 2.24) is 19.1 Å². The van der Waals surface area contributed by atoms with Crippen molar-refractivity contribution < 1.29 is 0 Å². The van der Waals surface area contributed by atoms with Gasteiger partial charge in [0.2, 0.25) is 0 Å². The molecule has 6 rings (SSSR count). The molecule has 0 bridgehead atoms. The van der Waals surface area contributed by atoms with Gasteiger partial charge in [-0.3, -0.25) is 0 Å². The monoisotopic (exact) mass is 506 g/mol. The molecule has 39 heavy (non-hydrogen) atoms. The molecule has 0 atom stereocenters. The van der Waals surface area contributed by atoms with E-state index in [-0.39, 0.29) is 0 Å². The molecule has 4 aromatic carbocycles. The molecule has 6 nitrogen and oxygen atoms in total. The number of hydrogen-bond donors (Lipinski definition) is 0. The van der Waals surface area contributed by atoms with Crippen molar-refractivity contribution in [2.45, 2.75) is 26.3 Å². The number of hydrogen-bond acceptors (Lipinski definition) is 4. The highest BCUT2D eigenvalue weighted by molar-refractivity contribution is 5.89. The molecule has 0 amide bonds. The van der Waals surface area contributed by atoms with Crippen LogP contribution < -0.4 is 0 Å². The number of aromatic nitrogens is 4. The predicted molar refractivity (Wildman–Crippen MR) is 154 cm³/mol. The molecule has 0 unspecified atom stereocenters. The average molecular weight is 507 g/mol. The second-order valence-electron chi connectivity index (χ2n) is 9.70. The summed E-state index contributed by atoms with van der Waals surface area (Å²) in [5.74, 6) is 1.78. The van der Waals surface area contributed by atoms with Crippen LogP contribution in [0.3, 0.4) is 0 Å². The van der Waals surface area contributed by atoms with Crippen LogP contribution in [0.15, 0.2) is 84.9 Å². The van der Waals surface area contributed by atoms with Crippen LogP contribution in [0.5, 0.6) is 0 Å². The molecule has 6 aromatic rings. The summed E-state index contributed by atoms with van der Waals surface area (Å²) < 4.78 is 4.30. The number of benzene rings is 4. The quantitative estimate of drug-likeness (QED) is 0.243. The zero-order valence-electron chi connectivity index (χ0n) is 21.9. The van der Waals surface area contributed by atoms with E-state index in [2.05, 4.69) is 64.6 Å². The number of aryl methyl sites for hydroxylation is 2. The van der Waals surface area contributed by atoms with E-state index >= 15 is 0 Å². The van der Waals surface area contributed by atoms with Crippen LogP contribution in [0.4, 0.5) is 0 Å². The Kier molecular flexibility index (Phi) is 6.15. The van der Waals surface area contributed by atoms with Crippen LogP contribution in [0.25, 0.3) is 44.6 Å². The molecule has 188 valence electrons. The van der Waals surface area contributed by atoms with E-state index in [0.29, 0.717) is 17.7 Å². The Hall–Kier alpha value is -5.20. The fraction of sp³-hybridized carbons (Fsp3) is 0.152. The van der Waals surface area contributed by atoms with Gasteiger partial charge in [0.05, 0.1) is 33.7 Å². The average Bonchev–Trinajstić information content (AvgIpc) is 3.50. The van der Waals surface area contributed by atoms with Crippen molar-refractivity contribution in [3.05, 3.63) is 107 Å². The molecular formula is C33H26N6. The second kappa shape index (κ2) is 9.93. The molecule has 0 saturated heterocycles. The molecule has 2 heterocycles. The predicted octanol–water partition coefficient (Wildman–Crippen LogP) is 7.00. The molecule has 0 fully saturated rings. The number of nitrogens with zero attached hydrogens (tertiary/aromatic N) is 6. The lowest BCUT2D eigenvalue weighted by atomic mass is 9.99. The Morgan fingerprint density at radius 1 is 0.769 bits per heavy atom. The lowest BCUT2D eigenvalue weighted by Crippen LogP contribution is -2.05. The van der Waals surface area contributed by atoms with Crippen LogP contribution >= 0.6 is 0 Å². The summed E-state index contributed by atoms with van der Waals surface area (Å²) in [5.41, 5.74) is 8.79. The lowest BCUT2D eigenvalue weighted by Gasteiger charge is -2.11. The van der Waals surface area contributed by atoms with Crippen molar-refractivity contribution in [3.63, 3.8) is 0 Å². The highest BCUT2D eigenvalue weighted by Crippen LogP contribution is 2.31. The van der Waals surface area contributed by atoms with Gasteiger partial charge in [-0.2, -0.15) is 10.5 Å². The van der Waals surface area contributed by atoms with Crippen LogP contribution in [0.1, 0.15) is 35.9 Å². The van der Waals surface area contributed by atoms with E-state index in [1.165, 1.54) is 0 Å². The van der Waals surface area contributed by atoms with E-state index in [9.17, 15) is 10.5 Å². The Morgan fingerprint density at radius 3 is 2.26 bits per heavy atom. The summed E-state index contributed by atoms with van der Waals surface area (Å²) in [6, 6.07) is 32.7. The molecule has 0 spiro atoms. The molecular weight excluding hydrogens is 480 g/mol. The molecule has 0 aliphatic heterocycles. The third-order valence-electron chi connectivity index (χ3n) is 7.23. The summed E-state index contributed by atoms with van der Waals surface area (Å²) in [7, 11) is 2.01. The molecule has 0 N–H and O–H groups in total. The van der Waals surface area contributed by atoms with Crippen LogP contribution in [0.2, 0.25) is 0 Å². The topological polar surface area (TPSA) is 83.2 Å². The molecule has 2 aromatic heterocycles. The first-order chi connectivity index (χ1) is 19.1.